The Kier molecular flexibility index (Phi) is 5.21. The van der Waals surface area contributed by atoms with E-state index in [2.05, 4.69) is 21.0 Å². The van der Waals surface area contributed by atoms with Crippen LogP contribution in [0.3, 0.4) is 0 Å². The highest BCUT2D eigenvalue weighted by atomic mass is 32.1. The molecule has 4 aromatic rings. The molecule has 5 rings (SSSR count). The van der Waals surface area contributed by atoms with E-state index in [1.54, 1.807) is 40.0 Å². The molecule has 9 heteroatoms. The van der Waals surface area contributed by atoms with Crippen molar-refractivity contribution in [2.75, 3.05) is 26.2 Å². The van der Waals surface area contributed by atoms with Crippen molar-refractivity contribution in [2.24, 2.45) is 0 Å². The van der Waals surface area contributed by atoms with Crippen molar-refractivity contribution in [3.8, 4) is 5.69 Å². The summed E-state index contributed by atoms with van der Waals surface area (Å²) in [6, 6.07) is 14.1. The number of halogens is 1. The molecule has 0 N–H and O–H groups in total. The standard InChI is InChI=1S/C22H21FN6OS/c1-15-24-21(26-29(15)17-8-6-16(23)7-9-17)22(30)28-12-10-27(11-13-28)14-20-25-18-4-2-3-5-19(18)31-20/h2-9H,10-14H2,1H3. The van der Waals surface area contributed by atoms with Gasteiger partial charge in [-0.15, -0.1) is 16.4 Å². The Morgan fingerprint density at radius 2 is 1.77 bits per heavy atom. The molecule has 2 aromatic carbocycles. The molecule has 0 unspecified atom stereocenters. The predicted octanol–water partition coefficient (Wildman–Crippen LogP) is 3.28. The Bertz CT molecular complexity index is 1190. The topological polar surface area (TPSA) is 67.2 Å². The second-order valence-corrected chi connectivity index (χ2v) is 8.63. The summed E-state index contributed by atoms with van der Waals surface area (Å²) in [5.74, 6) is 0.260. The molecular weight excluding hydrogens is 415 g/mol. The second-order valence-electron chi connectivity index (χ2n) is 7.51. The van der Waals surface area contributed by atoms with Gasteiger partial charge in [-0.1, -0.05) is 12.1 Å². The number of benzene rings is 2. The summed E-state index contributed by atoms with van der Waals surface area (Å²) in [4.78, 5) is 26.1. The van der Waals surface area contributed by atoms with Gasteiger partial charge in [0.05, 0.1) is 22.4 Å². The fourth-order valence-electron chi connectivity index (χ4n) is 3.74. The van der Waals surface area contributed by atoms with Gasteiger partial charge in [-0.25, -0.2) is 19.0 Å². The van der Waals surface area contributed by atoms with Crippen molar-refractivity contribution in [3.05, 3.63) is 71.0 Å². The molecule has 3 heterocycles. The highest BCUT2D eigenvalue weighted by Crippen LogP contribution is 2.23. The number of piperazine rings is 1. The Morgan fingerprint density at radius 3 is 2.52 bits per heavy atom. The van der Waals surface area contributed by atoms with E-state index in [4.69, 9.17) is 4.98 Å². The van der Waals surface area contributed by atoms with Crippen LogP contribution in [0.1, 0.15) is 21.5 Å². The van der Waals surface area contributed by atoms with E-state index < -0.39 is 0 Å². The van der Waals surface area contributed by atoms with Crippen molar-refractivity contribution >= 4 is 27.5 Å². The van der Waals surface area contributed by atoms with Crippen LogP contribution in [0, 0.1) is 12.7 Å². The van der Waals surface area contributed by atoms with E-state index in [1.807, 2.05) is 18.2 Å². The van der Waals surface area contributed by atoms with Crippen LogP contribution < -0.4 is 0 Å². The van der Waals surface area contributed by atoms with Gasteiger partial charge in [0.25, 0.3) is 5.91 Å². The number of hydrogen-bond acceptors (Lipinski definition) is 6. The first kappa shape index (κ1) is 19.8. The van der Waals surface area contributed by atoms with Gasteiger partial charge in [0.2, 0.25) is 5.82 Å². The molecule has 1 amide bonds. The molecule has 0 atom stereocenters. The predicted molar refractivity (Wildman–Crippen MR) is 117 cm³/mol. The van der Waals surface area contributed by atoms with Crippen LogP contribution in [0.2, 0.25) is 0 Å². The maximum atomic E-state index is 13.2. The number of carbonyl (C=O) groups is 1. The third-order valence-electron chi connectivity index (χ3n) is 5.39. The normalized spacial score (nSPS) is 15.0. The molecule has 0 bridgehead atoms. The average Bonchev–Trinajstić information content (AvgIpc) is 3.37. The highest BCUT2D eigenvalue weighted by molar-refractivity contribution is 7.18. The highest BCUT2D eigenvalue weighted by Gasteiger charge is 2.26. The van der Waals surface area contributed by atoms with Gasteiger partial charge in [-0.2, -0.15) is 0 Å². The Morgan fingerprint density at radius 1 is 1.03 bits per heavy atom. The fourth-order valence-corrected chi connectivity index (χ4v) is 4.75. The lowest BCUT2D eigenvalue weighted by atomic mass is 10.3. The largest absolute Gasteiger partial charge is 0.333 e. The summed E-state index contributed by atoms with van der Waals surface area (Å²) in [7, 11) is 0. The van der Waals surface area contributed by atoms with Crippen LogP contribution in [0.4, 0.5) is 4.39 Å². The summed E-state index contributed by atoms with van der Waals surface area (Å²) >= 11 is 1.72. The third kappa shape index (κ3) is 4.06. The van der Waals surface area contributed by atoms with Crippen LogP contribution in [-0.2, 0) is 6.54 Å². The number of fused-ring (bicyclic) bond motifs is 1. The molecule has 7 nitrogen and oxygen atoms in total. The van der Waals surface area contributed by atoms with Crippen LogP contribution >= 0.6 is 11.3 Å². The fraction of sp³-hybridized carbons (Fsp3) is 0.273. The summed E-state index contributed by atoms with van der Waals surface area (Å²) in [5, 5.41) is 5.46. The van der Waals surface area contributed by atoms with Crippen molar-refractivity contribution in [3.63, 3.8) is 0 Å². The van der Waals surface area contributed by atoms with E-state index >= 15 is 0 Å². The summed E-state index contributed by atoms with van der Waals surface area (Å²) < 4.78 is 16.0. The first-order valence-electron chi connectivity index (χ1n) is 10.1. The Labute approximate surface area is 182 Å². The van der Waals surface area contributed by atoms with Gasteiger partial charge in [0, 0.05) is 26.2 Å². The lowest BCUT2D eigenvalue weighted by Crippen LogP contribution is -2.48. The number of nitrogens with zero attached hydrogens (tertiary/aromatic N) is 6. The molecule has 0 saturated carbocycles. The minimum Gasteiger partial charge on any atom is -0.333 e. The van der Waals surface area contributed by atoms with Gasteiger partial charge in [-0.3, -0.25) is 9.69 Å². The smallest absolute Gasteiger partial charge is 0.293 e. The zero-order chi connectivity index (χ0) is 21.4. The molecule has 2 aromatic heterocycles. The molecule has 1 saturated heterocycles. The van der Waals surface area contributed by atoms with Crippen molar-refractivity contribution in [1.29, 1.82) is 0 Å². The number of amides is 1. The van der Waals surface area contributed by atoms with Gasteiger partial charge < -0.3 is 4.90 Å². The minimum atomic E-state index is -0.318. The molecule has 158 valence electrons. The summed E-state index contributed by atoms with van der Waals surface area (Å²) in [6.45, 7) is 5.36. The maximum Gasteiger partial charge on any atom is 0.293 e. The average molecular weight is 437 g/mol. The minimum absolute atomic E-state index is 0.168. The molecule has 0 aliphatic carbocycles. The number of rotatable bonds is 4. The van der Waals surface area contributed by atoms with E-state index in [-0.39, 0.29) is 17.5 Å². The molecule has 1 fully saturated rings. The number of aryl methyl sites for hydroxylation is 1. The van der Waals surface area contributed by atoms with Crippen LogP contribution in [0.5, 0.6) is 0 Å². The van der Waals surface area contributed by atoms with Crippen molar-refractivity contribution < 1.29 is 9.18 Å². The SMILES string of the molecule is Cc1nc(C(=O)N2CCN(Cc3nc4ccccc4s3)CC2)nn1-c1ccc(F)cc1. The number of para-hydroxylation sites is 1. The number of thiazole rings is 1. The van der Waals surface area contributed by atoms with Crippen molar-refractivity contribution in [1.82, 2.24) is 29.5 Å². The zero-order valence-electron chi connectivity index (χ0n) is 17.0. The van der Waals surface area contributed by atoms with Gasteiger partial charge in [0.15, 0.2) is 0 Å². The zero-order valence-corrected chi connectivity index (χ0v) is 17.8. The Balaban J connectivity index is 1.23. The van der Waals surface area contributed by atoms with Crippen LogP contribution in [0.15, 0.2) is 48.5 Å². The lowest BCUT2D eigenvalue weighted by molar-refractivity contribution is 0.0616. The number of aromatic nitrogens is 4. The van der Waals surface area contributed by atoms with Gasteiger partial charge in [-0.05, 0) is 43.3 Å². The van der Waals surface area contributed by atoms with Gasteiger partial charge >= 0.3 is 0 Å². The number of hydrogen-bond donors (Lipinski definition) is 0. The molecule has 31 heavy (non-hydrogen) atoms. The summed E-state index contributed by atoms with van der Waals surface area (Å²) in [5.41, 5.74) is 1.71. The molecule has 0 spiro atoms. The Hall–Kier alpha value is -3.17. The first-order valence-corrected chi connectivity index (χ1v) is 10.9. The second kappa shape index (κ2) is 8.16. The van der Waals surface area contributed by atoms with Crippen molar-refractivity contribution in [2.45, 2.75) is 13.5 Å². The molecule has 1 aliphatic rings. The van der Waals surface area contributed by atoms with Crippen LogP contribution in [0.25, 0.3) is 15.9 Å². The lowest BCUT2D eigenvalue weighted by Gasteiger charge is -2.33. The van der Waals surface area contributed by atoms with E-state index in [9.17, 15) is 9.18 Å². The first-order chi connectivity index (χ1) is 15.1. The summed E-state index contributed by atoms with van der Waals surface area (Å²) in [6.07, 6.45) is 0. The monoisotopic (exact) mass is 436 g/mol. The van der Waals surface area contributed by atoms with E-state index in [0.29, 0.717) is 24.6 Å². The van der Waals surface area contributed by atoms with Gasteiger partial charge in [0.1, 0.15) is 16.6 Å². The molecule has 0 radical (unpaired) electrons. The van der Waals surface area contributed by atoms with E-state index in [0.717, 1.165) is 30.2 Å². The molecule has 1 aliphatic heterocycles. The number of carbonyl (C=O) groups excluding carboxylic acids is 1. The maximum absolute atomic E-state index is 13.2. The molecular formula is C22H21FN6OS. The quantitative estimate of drug-likeness (QED) is 0.491. The third-order valence-corrected chi connectivity index (χ3v) is 6.41. The van der Waals surface area contributed by atoms with E-state index in [1.165, 1.54) is 16.8 Å². The van der Waals surface area contributed by atoms with Crippen LogP contribution in [-0.4, -0.2) is 61.6 Å².